The number of hydrogen-bond acceptors (Lipinski definition) is 3. The predicted molar refractivity (Wildman–Crippen MR) is 41.4 cm³/mol. The molecule has 1 aliphatic rings. The molecular weight excluding hydrogens is 175 g/mol. The molecule has 0 bridgehead atoms. The molecule has 2 rings (SSSR count). The summed E-state index contributed by atoms with van der Waals surface area (Å²) in [5.41, 5.74) is 0. The lowest BCUT2D eigenvalue weighted by Gasteiger charge is -2.15. The number of hydrogen-bond donors (Lipinski definition) is 0. The first-order valence-electron chi connectivity index (χ1n) is 3.61. The third-order valence-electron chi connectivity index (χ3n) is 1.56. The largest absolute Gasteiger partial charge is 0.466 e. The van der Waals surface area contributed by atoms with Gasteiger partial charge >= 0.3 is 5.95 Å². The fourth-order valence-electron chi connectivity index (χ4n) is 0.962. The molecule has 0 atom stereocenters. The van der Waals surface area contributed by atoms with Gasteiger partial charge in [0.05, 0.1) is 7.11 Å². The van der Waals surface area contributed by atoms with Crippen LogP contribution in [0.1, 0.15) is 0 Å². The summed E-state index contributed by atoms with van der Waals surface area (Å²) >= 11 is 0. The van der Waals surface area contributed by atoms with Crippen LogP contribution < -0.4 is 9.47 Å². The van der Waals surface area contributed by atoms with Crippen molar-refractivity contribution in [3.05, 3.63) is 36.2 Å². The Kier molecular flexibility index (Phi) is 1.81. The van der Waals surface area contributed by atoms with Crippen LogP contribution in [0.15, 0.2) is 24.1 Å². The number of halogens is 1. The highest BCUT2D eigenvalue weighted by molar-refractivity contribution is 5.42. The van der Waals surface area contributed by atoms with Gasteiger partial charge in [0.2, 0.25) is 5.75 Å². The number of ether oxygens (including phenoxy) is 3. The summed E-state index contributed by atoms with van der Waals surface area (Å²) in [6.45, 7) is 0. The summed E-state index contributed by atoms with van der Waals surface area (Å²) in [4.78, 5) is 0. The van der Waals surface area contributed by atoms with E-state index in [1.54, 1.807) is 6.07 Å². The summed E-state index contributed by atoms with van der Waals surface area (Å²) < 4.78 is 27.7. The van der Waals surface area contributed by atoms with Crippen LogP contribution in [0.5, 0.6) is 11.5 Å². The highest BCUT2D eigenvalue weighted by Gasteiger charge is 2.18. The number of para-hydroxylation sites is 1. The van der Waals surface area contributed by atoms with Crippen LogP contribution in [0.25, 0.3) is 0 Å². The van der Waals surface area contributed by atoms with Crippen molar-refractivity contribution in [2.75, 3.05) is 7.11 Å². The zero-order chi connectivity index (χ0) is 9.26. The van der Waals surface area contributed by atoms with Gasteiger partial charge in [-0.3, -0.25) is 0 Å². The van der Waals surface area contributed by atoms with Crippen LogP contribution >= 0.6 is 0 Å². The molecule has 1 radical (unpaired) electrons. The molecule has 0 amide bonds. The Bertz CT molecular complexity index is 360. The van der Waals surface area contributed by atoms with Gasteiger partial charge < -0.3 is 14.2 Å². The van der Waals surface area contributed by atoms with Gasteiger partial charge in [-0.2, -0.15) is 0 Å². The highest BCUT2D eigenvalue weighted by Crippen LogP contribution is 2.34. The standard InChI is InChI=1S/C9H6FO3/c1-11-8-5-12-7-4-2-3-6(10)9(7)13-8/h2-4H,1H3. The van der Waals surface area contributed by atoms with Gasteiger partial charge in [-0.25, -0.2) is 4.39 Å². The molecular formula is C9H6FO3. The van der Waals surface area contributed by atoms with Crippen molar-refractivity contribution in [2.45, 2.75) is 0 Å². The second-order valence-corrected chi connectivity index (χ2v) is 2.36. The van der Waals surface area contributed by atoms with Gasteiger partial charge in [0.15, 0.2) is 11.6 Å². The Labute approximate surface area is 74.3 Å². The maximum absolute atomic E-state index is 13.1. The molecule has 4 heteroatoms. The van der Waals surface area contributed by atoms with Crippen molar-refractivity contribution < 1.29 is 18.6 Å². The molecule has 67 valence electrons. The van der Waals surface area contributed by atoms with E-state index < -0.39 is 5.82 Å². The van der Waals surface area contributed by atoms with E-state index in [4.69, 9.17) is 14.2 Å². The van der Waals surface area contributed by atoms with Crippen molar-refractivity contribution in [2.24, 2.45) is 0 Å². The number of fused-ring (bicyclic) bond motifs is 1. The molecule has 1 aromatic carbocycles. The zero-order valence-electron chi connectivity index (χ0n) is 6.83. The Morgan fingerprint density at radius 2 is 2.31 bits per heavy atom. The molecule has 0 fully saturated rings. The van der Waals surface area contributed by atoms with E-state index in [1.807, 2.05) is 0 Å². The minimum Gasteiger partial charge on any atom is -0.466 e. The van der Waals surface area contributed by atoms with E-state index in [0.29, 0.717) is 5.75 Å². The first-order chi connectivity index (χ1) is 6.31. The maximum atomic E-state index is 13.1. The van der Waals surface area contributed by atoms with Gasteiger partial charge in [0, 0.05) is 0 Å². The van der Waals surface area contributed by atoms with E-state index in [0.717, 1.165) is 0 Å². The van der Waals surface area contributed by atoms with E-state index in [2.05, 4.69) is 6.26 Å². The molecule has 3 nitrogen and oxygen atoms in total. The van der Waals surface area contributed by atoms with Gasteiger partial charge in [0.25, 0.3) is 6.26 Å². The third kappa shape index (κ3) is 1.30. The lowest BCUT2D eigenvalue weighted by molar-refractivity contribution is 0.113. The lowest BCUT2D eigenvalue weighted by atomic mass is 10.3. The second kappa shape index (κ2) is 2.97. The fraction of sp³-hybridized carbons (Fsp3) is 0.111. The average Bonchev–Trinajstić information content (AvgIpc) is 2.18. The Balaban J connectivity index is 2.39. The Morgan fingerprint density at radius 1 is 1.46 bits per heavy atom. The molecule has 0 spiro atoms. The van der Waals surface area contributed by atoms with Crippen LogP contribution in [0.4, 0.5) is 4.39 Å². The van der Waals surface area contributed by atoms with Crippen LogP contribution in [0.2, 0.25) is 0 Å². The molecule has 1 aromatic rings. The summed E-state index contributed by atoms with van der Waals surface area (Å²) in [6, 6.07) is 4.38. The molecule has 1 aliphatic heterocycles. The summed E-state index contributed by atoms with van der Waals surface area (Å²) in [6.07, 6.45) is 2.36. The smallest absolute Gasteiger partial charge is 0.334 e. The van der Waals surface area contributed by atoms with Crippen LogP contribution in [0, 0.1) is 12.1 Å². The van der Waals surface area contributed by atoms with Crippen molar-refractivity contribution in [1.82, 2.24) is 0 Å². The number of rotatable bonds is 1. The average molecular weight is 181 g/mol. The van der Waals surface area contributed by atoms with Crippen molar-refractivity contribution in [3.63, 3.8) is 0 Å². The maximum Gasteiger partial charge on any atom is 0.334 e. The van der Waals surface area contributed by atoms with E-state index in [1.165, 1.54) is 19.2 Å². The van der Waals surface area contributed by atoms with Crippen LogP contribution in [-0.2, 0) is 4.74 Å². The SMILES string of the molecule is COC1=[C]Oc2cccc(F)c2O1. The minimum absolute atomic E-state index is 0.0117. The summed E-state index contributed by atoms with van der Waals surface area (Å²) in [7, 11) is 1.39. The van der Waals surface area contributed by atoms with Crippen molar-refractivity contribution in [3.8, 4) is 11.5 Å². The zero-order valence-corrected chi connectivity index (χ0v) is 6.83. The third-order valence-corrected chi connectivity index (χ3v) is 1.56. The molecule has 0 saturated carbocycles. The van der Waals surface area contributed by atoms with E-state index in [-0.39, 0.29) is 11.7 Å². The van der Waals surface area contributed by atoms with Crippen LogP contribution in [-0.4, -0.2) is 7.11 Å². The van der Waals surface area contributed by atoms with Gasteiger partial charge in [-0.05, 0) is 12.1 Å². The molecule has 1 heterocycles. The van der Waals surface area contributed by atoms with Gasteiger partial charge in [-0.15, -0.1) is 0 Å². The fourth-order valence-corrected chi connectivity index (χ4v) is 0.962. The first kappa shape index (κ1) is 7.91. The van der Waals surface area contributed by atoms with Crippen LogP contribution in [0.3, 0.4) is 0 Å². The predicted octanol–water partition coefficient (Wildman–Crippen LogP) is 1.85. The highest BCUT2D eigenvalue weighted by atomic mass is 19.1. The number of methoxy groups -OCH3 is 1. The Hall–Kier alpha value is -1.71. The summed E-state index contributed by atoms with van der Waals surface area (Å²) in [5.74, 6) is -0.162. The number of benzene rings is 1. The Morgan fingerprint density at radius 3 is 3.08 bits per heavy atom. The molecule has 13 heavy (non-hydrogen) atoms. The molecule has 0 saturated heterocycles. The monoisotopic (exact) mass is 181 g/mol. The second-order valence-electron chi connectivity index (χ2n) is 2.36. The first-order valence-corrected chi connectivity index (χ1v) is 3.61. The minimum atomic E-state index is -0.492. The lowest BCUT2D eigenvalue weighted by Crippen LogP contribution is -2.08. The van der Waals surface area contributed by atoms with E-state index >= 15 is 0 Å². The topological polar surface area (TPSA) is 27.7 Å². The van der Waals surface area contributed by atoms with E-state index in [9.17, 15) is 4.39 Å². The summed E-state index contributed by atoms with van der Waals surface area (Å²) in [5, 5.41) is 0. The molecule has 0 aromatic heterocycles. The molecule has 0 N–H and O–H groups in total. The molecule has 0 aliphatic carbocycles. The quantitative estimate of drug-likeness (QED) is 0.661. The van der Waals surface area contributed by atoms with Crippen molar-refractivity contribution >= 4 is 0 Å². The van der Waals surface area contributed by atoms with Gasteiger partial charge in [0.1, 0.15) is 0 Å². The van der Waals surface area contributed by atoms with Crippen molar-refractivity contribution in [1.29, 1.82) is 0 Å². The van der Waals surface area contributed by atoms with Gasteiger partial charge in [-0.1, -0.05) is 6.07 Å². The molecule has 0 unspecified atom stereocenters. The normalized spacial score (nSPS) is 13.5.